The number of benzene rings is 1. The van der Waals surface area contributed by atoms with Crippen LogP contribution in [0.4, 0.5) is 0 Å². The summed E-state index contributed by atoms with van der Waals surface area (Å²) in [5.74, 6) is 1.43. The molecule has 6 heteroatoms. The Morgan fingerprint density at radius 2 is 2.04 bits per heavy atom. The molecule has 4 fully saturated rings. The van der Waals surface area contributed by atoms with Crippen molar-refractivity contribution in [3.8, 4) is 5.75 Å². The molecule has 0 unspecified atom stereocenters. The molecule has 27 heavy (non-hydrogen) atoms. The molecule has 2 aromatic rings. The number of rotatable bonds is 4. The van der Waals surface area contributed by atoms with E-state index in [1.165, 1.54) is 12.8 Å². The molecule has 1 aromatic heterocycles. The molecule has 6 nitrogen and oxygen atoms in total. The van der Waals surface area contributed by atoms with Crippen LogP contribution in [0, 0.1) is 5.92 Å². The van der Waals surface area contributed by atoms with E-state index >= 15 is 0 Å². The van der Waals surface area contributed by atoms with Crippen molar-refractivity contribution in [1.29, 1.82) is 0 Å². The van der Waals surface area contributed by atoms with Gasteiger partial charge in [-0.1, -0.05) is 12.1 Å². The maximum absolute atomic E-state index is 13.1. The zero-order chi connectivity index (χ0) is 18.4. The molecule has 5 heterocycles. The number of hydrogen-bond donors (Lipinski definition) is 1. The predicted octanol–water partition coefficient (Wildman–Crippen LogP) is 2.07. The number of aryl methyl sites for hydroxylation is 1. The van der Waals surface area contributed by atoms with Gasteiger partial charge in [-0.3, -0.25) is 14.4 Å². The topological polar surface area (TPSA) is 61.6 Å². The first kappa shape index (κ1) is 16.8. The first-order valence-electron chi connectivity index (χ1n) is 10.0. The fraction of sp³-hybridized carbons (Fsp3) is 0.524. The molecular formula is C21H26N4O2. The van der Waals surface area contributed by atoms with E-state index in [0.717, 1.165) is 25.2 Å². The second-order valence-corrected chi connectivity index (χ2v) is 8.12. The highest BCUT2D eigenvalue weighted by atomic mass is 16.3. The molecule has 3 atom stereocenters. The zero-order valence-corrected chi connectivity index (χ0v) is 15.4. The molecule has 1 N–H and O–H groups in total. The van der Waals surface area contributed by atoms with Crippen molar-refractivity contribution in [2.75, 3.05) is 19.6 Å². The molecule has 6 rings (SSSR count). The number of piperidine rings is 3. The number of likely N-dealkylation sites (tertiary alicyclic amines) is 1. The molecule has 0 radical (unpaired) electrons. The number of aromatic nitrogens is 2. The van der Waals surface area contributed by atoms with Gasteiger partial charge in [0.25, 0.3) is 0 Å². The standard InChI is InChI=1S/C21H26N4O2/c26-17-4-1-3-16(13-17)18-14-25(19(27)7-12-24-9-2-8-22-24)20-15-5-10-23(11-6-15)21(18)20/h1-4,8-9,13,15,18,20-21,26H,5-7,10-12,14H2/t18-,20+,21+/m0/s1. The van der Waals surface area contributed by atoms with Crippen molar-refractivity contribution in [1.82, 2.24) is 19.6 Å². The largest absolute Gasteiger partial charge is 0.508 e. The van der Waals surface area contributed by atoms with Crippen molar-refractivity contribution in [3.63, 3.8) is 0 Å². The fourth-order valence-electron chi connectivity index (χ4n) is 5.54. The number of phenolic OH excluding ortho intramolecular Hbond substituents is 1. The lowest BCUT2D eigenvalue weighted by molar-refractivity contribution is -0.136. The van der Waals surface area contributed by atoms with Gasteiger partial charge in [-0.05, 0) is 55.6 Å². The molecule has 4 aliphatic rings. The highest BCUT2D eigenvalue weighted by Crippen LogP contribution is 2.47. The molecule has 0 aliphatic carbocycles. The summed E-state index contributed by atoms with van der Waals surface area (Å²) in [6.45, 7) is 3.65. The Balaban J connectivity index is 1.41. The zero-order valence-electron chi connectivity index (χ0n) is 15.4. The maximum atomic E-state index is 13.1. The van der Waals surface area contributed by atoms with Crippen molar-refractivity contribution in [3.05, 3.63) is 48.3 Å². The number of amides is 1. The molecule has 142 valence electrons. The lowest BCUT2D eigenvalue weighted by Gasteiger charge is -2.51. The van der Waals surface area contributed by atoms with Crippen molar-refractivity contribution >= 4 is 5.91 Å². The van der Waals surface area contributed by atoms with Crippen LogP contribution in [0.5, 0.6) is 5.75 Å². The number of carbonyl (C=O) groups excluding carboxylic acids is 1. The number of fused-ring (bicyclic) bond motifs is 2. The minimum absolute atomic E-state index is 0.233. The third kappa shape index (κ3) is 2.92. The van der Waals surface area contributed by atoms with Gasteiger partial charge in [0.05, 0.1) is 6.04 Å². The number of phenols is 1. The van der Waals surface area contributed by atoms with Gasteiger partial charge >= 0.3 is 0 Å². The number of nitrogens with zero attached hydrogens (tertiary/aromatic N) is 4. The first-order chi connectivity index (χ1) is 13.2. The Morgan fingerprint density at radius 1 is 1.19 bits per heavy atom. The molecule has 4 saturated heterocycles. The second-order valence-electron chi connectivity index (χ2n) is 8.12. The Bertz CT molecular complexity index is 813. The van der Waals surface area contributed by atoms with Gasteiger partial charge < -0.3 is 10.0 Å². The van der Waals surface area contributed by atoms with Crippen LogP contribution in [-0.4, -0.2) is 62.3 Å². The van der Waals surface area contributed by atoms with Crippen LogP contribution in [0.25, 0.3) is 0 Å². The van der Waals surface area contributed by atoms with E-state index in [1.807, 2.05) is 29.1 Å². The van der Waals surface area contributed by atoms with E-state index in [9.17, 15) is 9.90 Å². The second kappa shape index (κ2) is 6.68. The molecule has 4 aliphatic heterocycles. The SMILES string of the molecule is O=C(CCn1cccn1)N1C[C@@H](c2cccc(O)c2)[C@@H]2[C@H]1C1CCN2CC1. The summed E-state index contributed by atoms with van der Waals surface area (Å²) in [5, 5.41) is 14.2. The van der Waals surface area contributed by atoms with E-state index in [-0.39, 0.29) is 11.8 Å². The normalized spacial score (nSPS) is 31.9. The minimum atomic E-state index is 0.233. The Labute approximate surface area is 159 Å². The molecular weight excluding hydrogens is 340 g/mol. The summed E-state index contributed by atoms with van der Waals surface area (Å²) >= 11 is 0. The third-order valence-corrected chi connectivity index (χ3v) is 6.73. The van der Waals surface area contributed by atoms with E-state index in [2.05, 4.69) is 21.0 Å². The fourth-order valence-corrected chi connectivity index (χ4v) is 5.54. The monoisotopic (exact) mass is 366 g/mol. The third-order valence-electron chi connectivity index (χ3n) is 6.73. The quantitative estimate of drug-likeness (QED) is 0.900. The molecule has 1 aromatic carbocycles. The van der Waals surface area contributed by atoms with Crippen LogP contribution < -0.4 is 0 Å². The smallest absolute Gasteiger partial charge is 0.224 e. The summed E-state index contributed by atoms with van der Waals surface area (Å²) in [7, 11) is 0. The molecule has 1 amide bonds. The van der Waals surface area contributed by atoms with Gasteiger partial charge in [-0.15, -0.1) is 0 Å². The summed E-state index contributed by atoms with van der Waals surface area (Å²) in [6, 6.07) is 10.2. The molecule has 0 saturated carbocycles. The van der Waals surface area contributed by atoms with Crippen LogP contribution in [0.2, 0.25) is 0 Å². The average Bonchev–Trinajstić information content (AvgIpc) is 3.36. The molecule has 0 spiro atoms. The predicted molar refractivity (Wildman–Crippen MR) is 101 cm³/mol. The lowest BCUT2D eigenvalue weighted by Crippen LogP contribution is -2.60. The van der Waals surface area contributed by atoms with Crippen molar-refractivity contribution in [2.24, 2.45) is 5.92 Å². The van der Waals surface area contributed by atoms with E-state index in [1.54, 1.807) is 12.3 Å². The Kier molecular flexibility index (Phi) is 4.16. The van der Waals surface area contributed by atoms with Crippen LogP contribution in [0.15, 0.2) is 42.7 Å². The van der Waals surface area contributed by atoms with Crippen LogP contribution >= 0.6 is 0 Å². The summed E-state index contributed by atoms with van der Waals surface area (Å²) in [4.78, 5) is 17.9. The average molecular weight is 366 g/mol. The Morgan fingerprint density at radius 3 is 2.78 bits per heavy atom. The van der Waals surface area contributed by atoms with E-state index < -0.39 is 0 Å². The molecule has 2 bridgehead atoms. The van der Waals surface area contributed by atoms with Gasteiger partial charge in [0, 0.05) is 43.9 Å². The Hall–Kier alpha value is -2.34. The number of hydrogen-bond acceptors (Lipinski definition) is 4. The van der Waals surface area contributed by atoms with Crippen LogP contribution in [0.1, 0.15) is 30.7 Å². The van der Waals surface area contributed by atoms with Gasteiger partial charge in [0.2, 0.25) is 5.91 Å². The number of aromatic hydroxyl groups is 1. The minimum Gasteiger partial charge on any atom is -0.508 e. The van der Waals surface area contributed by atoms with Gasteiger partial charge in [-0.25, -0.2) is 0 Å². The van der Waals surface area contributed by atoms with Gasteiger partial charge in [0.1, 0.15) is 5.75 Å². The maximum Gasteiger partial charge on any atom is 0.224 e. The van der Waals surface area contributed by atoms with Crippen molar-refractivity contribution in [2.45, 2.75) is 43.8 Å². The van der Waals surface area contributed by atoms with Gasteiger partial charge in [0.15, 0.2) is 0 Å². The highest BCUT2D eigenvalue weighted by molar-refractivity contribution is 5.77. The van der Waals surface area contributed by atoms with Crippen LogP contribution in [0.3, 0.4) is 0 Å². The number of carbonyl (C=O) groups is 1. The van der Waals surface area contributed by atoms with E-state index in [4.69, 9.17) is 0 Å². The van der Waals surface area contributed by atoms with Crippen LogP contribution in [-0.2, 0) is 11.3 Å². The van der Waals surface area contributed by atoms with E-state index in [0.29, 0.717) is 36.7 Å². The summed E-state index contributed by atoms with van der Waals surface area (Å²) in [6.07, 6.45) is 6.53. The summed E-state index contributed by atoms with van der Waals surface area (Å²) < 4.78 is 1.83. The summed E-state index contributed by atoms with van der Waals surface area (Å²) in [5.41, 5.74) is 1.15. The first-order valence-corrected chi connectivity index (χ1v) is 10.0. The van der Waals surface area contributed by atoms with Crippen molar-refractivity contribution < 1.29 is 9.90 Å². The highest BCUT2D eigenvalue weighted by Gasteiger charge is 2.54. The lowest BCUT2D eigenvalue weighted by atomic mass is 9.75. The van der Waals surface area contributed by atoms with Gasteiger partial charge in [-0.2, -0.15) is 5.10 Å².